The van der Waals surface area contributed by atoms with Crippen molar-refractivity contribution in [2.75, 3.05) is 13.6 Å². The molecular formula is C16H32N4. The van der Waals surface area contributed by atoms with Crippen LogP contribution in [0.5, 0.6) is 0 Å². The SMILES string of the molecule is CCCNC(CCC)C(CC)N(C)Cc1nccn1C. The molecule has 0 amide bonds. The van der Waals surface area contributed by atoms with Gasteiger partial charge in [0.05, 0.1) is 6.54 Å². The van der Waals surface area contributed by atoms with Crippen molar-refractivity contribution in [2.45, 2.75) is 65.1 Å². The predicted octanol–water partition coefficient (Wildman–Crippen LogP) is 2.80. The lowest BCUT2D eigenvalue weighted by atomic mass is 9.99. The van der Waals surface area contributed by atoms with E-state index in [1.165, 1.54) is 25.7 Å². The van der Waals surface area contributed by atoms with Gasteiger partial charge in [0.15, 0.2) is 0 Å². The minimum absolute atomic E-state index is 0.568. The molecule has 116 valence electrons. The van der Waals surface area contributed by atoms with Crippen molar-refractivity contribution in [3.05, 3.63) is 18.2 Å². The zero-order valence-electron chi connectivity index (χ0n) is 13.9. The van der Waals surface area contributed by atoms with E-state index in [1.807, 2.05) is 12.4 Å². The largest absolute Gasteiger partial charge is 0.337 e. The first kappa shape index (κ1) is 17.2. The molecular weight excluding hydrogens is 248 g/mol. The average Bonchev–Trinajstić information content (AvgIpc) is 2.82. The highest BCUT2D eigenvalue weighted by molar-refractivity contribution is 4.93. The molecule has 0 saturated carbocycles. The number of hydrogen-bond acceptors (Lipinski definition) is 3. The lowest BCUT2D eigenvalue weighted by Crippen LogP contribution is -2.48. The van der Waals surface area contributed by atoms with Crippen molar-refractivity contribution >= 4 is 0 Å². The molecule has 0 saturated heterocycles. The Balaban J connectivity index is 2.67. The second-order valence-corrected chi connectivity index (χ2v) is 5.69. The Morgan fingerprint density at radius 3 is 2.55 bits per heavy atom. The molecule has 4 nitrogen and oxygen atoms in total. The number of nitrogens with one attached hydrogen (secondary N) is 1. The molecule has 0 spiro atoms. The number of hydrogen-bond donors (Lipinski definition) is 1. The van der Waals surface area contributed by atoms with Gasteiger partial charge >= 0.3 is 0 Å². The Kier molecular flexibility index (Phi) is 7.85. The zero-order chi connectivity index (χ0) is 15.0. The van der Waals surface area contributed by atoms with Crippen LogP contribution in [0.25, 0.3) is 0 Å². The van der Waals surface area contributed by atoms with E-state index in [0.29, 0.717) is 12.1 Å². The van der Waals surface area contributed by atoms with Crippen molar-refractivity contribution in [2.24, 2.45) is 7.05 Å². The van der Waals surface area contributed by atoms with E-state index in [1.54, 1.807) is 0 Å². The summed E-state index contributed by atoms with van der Waals surface area (Å²) in [5.41, 5.74) is 0. The van der Waals surface area contributed by atoms with Gasteiger partial charge in [-0.15, -0.1) is 0 Å². The molecule has 1 heterocycles. The molecule has 0 fully saturated rings. The molecule has 1 rings (SSSR count). The fourth-order valence-electron chi connectivity index (χ4n) is 2.86. The molecule has 4 heteroatoms. The Bertz CT molecular complexity index is 361. The smallest absolute Gasteiger partial charge is 0.122 e. The summed E-state index contributed by atoms with van der Waals surface area (Å²) in [6.45, 7) is 8.81. The Morgan fingerprint density at radius 2 is 2.05 bits per heavy atom. The van der Waals surface area contributed by atoms with E-state index in [-0.39, 0.29) is 0 Å². The van der Waals surface area contributed by atoms with Gasteiger partial charge in [-0.2, -0.15) is 0 Å². The number of aromatic nitrogens is 2. The topological polar surface area (TPSA) is 33.1 Å². The van der Waals surface area contributed by atoms with Crippen LogP contribution >= 0.6 is 0 Å². The van der Waals surface area contributed by atoms with E-state index in [9.17, 15) is 0 Å². The Hall–Kier alpha value is -0.870. The molecule has 1 aromatic heterocycles. The molecule has 2 atom stereocenters. The summed E-state index contributed by atoms with van der Waals surface area (Å²) in [5, 5.41) is 3.73. The van der Waals surface area contributed by atoms with Crippen molar-refractivity contribution < 1.29 is 0 Å². The van der Waals surface area contributed by atoms with Crippen LogP contribution in [0, 0.1) is 0 Å². The van der Waals surface area contributed by atoms with Gasteiger partial charge in [-0.25, -0.2) is 4.98 Å². The summed E-state index contributed by atoms with van der Waals surface area (Å²) in [6, 6.07) is 1.15. The van der Waals surface area contributed by atoms with Gasteiger partial charge < -0.3 is 9.88 Å². The molecule has 1 aromatic rings. The van der Waals surface area contributed by atoms with E-state index < -0.39 is 0 Å². The van der Waals surface area contributed by atoms with Crippen LogP contribution in [-0.4, -0.2) is 40.1 Å². The maximum atomic E-state index is 4.44. The van der Waals surface area contributed by atoms with Gasteiger partial charge in [0.1, 0.15) is 5.82 Å². The molecule has 20 heavy (non-hydrogen) atoms. The fourth-order valence-corrected chi connectivity index (χ4v) is 2.86. The van der Waals surface area contributed by atoms with Crippen LogP contribution in [0.2, 0.25) is 0 Å². The van der Waals surface area contributed by atoms with Crippen LogP contribution in [-0.2, 0) is 13.6 Å². The summed E-state index contributed by atoms with van der Waals surface area (Å²) in [6.07, 6.45) is 8.73. The lowest BCUT2D eigenvalue weighted by molar-refractivity contribution is 0.167. The van der Waals surface area contributed by atoms with Crippen molar-refractivity contribution in [3.8, 4) is 0 Å². The number of rotatable bonds is 10. The second kappa shape index (κ2) is 9.14. The molecule has 1 N–H and O–H groups in total. The third kappa shape index (κ3) is 4.91. The van der Waals surface area contributed by atoms with Gasteiger partial charge in [0, 0.05) is 31.5 Å². The fraction of sp³-hybridized carbons (Fsp3) is 0.812. The normalized spacial score (nSPS) is 14.7. The van der Waals surface area contributed by atoms with Crippen LogP contribution in [0.4, 0.5) is 0 Å². The van der Waals surface area contributed by atoms with E-state index in [4.69, 9.17) is 0 Å². The first-order valence-electron chi connectivity index (χ1n) is 8.03. The standard InChI is InChI=1S/C16H32N4/c1-6-9-14(17-10-7-2)15(8-3)20(5)13-16-18-11-12-19(16)4/h11-12,14-15,17H,6-10,13H2,1-5H3. The van der Waals surface area contributed by atoms with Gasteiger partial charge in [0.25, 0.3) is 0 Å². The summed E-state index contributed by atoms with van der Waals surface area (Å²) in [7, 11) is 4.29. The van der Waals surface area contributed by atoms with E-state index >= 15 is 0 Å². The average molecular weight is 280 g/mol. The predicted molar refractivity (Wildman–Crippen MR) is 85.7 cm³/mol. The molecule has 0 aromatic carbocycles. The quantitative estimate of drug-likeness (QED) is 0.715. The Morgan fingerprint density at radius 1 is 1.30 bits per heavy atom. The lowest BCUT2D eigenvalue weighted by Gasteiger charge is -2.34. The number of nitrogens with zero attached hydrogens (tertiary/aromatic N) is 3. The summed E-state index contributed by atoms with van der Waals surface area (Å²) in [4.78, 5) is 6.89. The summed E-state index contributed by atoms with van der Waals surface area (Å²) >= 11 is 0. The highest BCUT2D eigenvalue weighted by Crippen LogP contribution is 2.14. The highest BCUT2D eigenvalue weighted by atomic mass is 15.2. The number of aryl methyl sites for hydroxylation is 1. The minimum Gasteiger partial charge on any atom is -0.337 e. The number of imidazole rings is 1. The first-order chi connectivity index (χ1) is 9.63. The van der Waals surface area contributed by atoms with Crippen molar-refractivity contribution in [3.63, 3.8) is 0 Å². The van der Waals surface area contributed by atoms with Crippen molar-refractivity contribution in [1.82, 2.24) is 19.8 Å². The minimum atomic E-state index is 0.568. The van der Waals surface area contributed by atoms with Crippen molar-refractivity contribution in [1.29, 1.82) is 0 Å². The third-order valence-corrected chi connectivity index (χ3v) is 4.02. The maximum absolute atomic E-state index is 4.44. The molecule has 0 aliphatic carbocycles. The van der Waals surface area contributed by atoms with Gasteiger partial charge in [-0.3, -0.25) is 4.90 Å². The van der Waals surface area contributed by atoms with Crippen LogP contribution in [0.3, 0.4) is 0 Å². The summed E-state index contributed by atoms with van der Waals surface area (Å²) in [5.74, 6) is 1.14. The first-order valence-corrected chi connectivity index (χ1v) is 8.03. The Labute approximate surface area is 124 Å². The van der Waals surface area contributed by atoms with Crippen LogP contribution in [0.1, 0.15) is 52.3 Å². The molecule has 0 bridgehead atoms. The molecule has 2 unspecified atom stereocenters. The van der Waals surface area contributed by atoms with Crippen LogP contribution < -0.4 is 5.32 Å². The summed E-state index contributed by atoms with van der Waals surface area (Å²) < 4.78 is 2.11. The van der Waals surface area contributed by atoms with Gasteiger partial charge in [0.2, 0.25) is 0 Å². The molecule has 0 aliphatic heterocycles. The monoisotopic (exact) mass is 280 g/mol. The van der Waals surface area contributed by atoms with Crippen LogP contribution in [0.15, 0.2) is 12.4 Å². The van der Waals surface area contributed by atoms with Gasteiger partial charge in [-0.1, -0.05) is 27.2 Å². The van der Waals surface area contributed by atoms with E-state index in [2.05, 4.69) is 54.6 Å². The third-order valence-electron chi connectivity index (χ3n) is 4.02. The van der Waals surface area contributed by atoms with E-state index in [0.717, 1.165) is 18.9 Å². The zero-order valence-corrected chi connectivity index (χ0v) is 13.9. The molecule has 0 radical (unpaired) electrons. The second-order valence-electron chi connectivity index (χ2n) is 5.69. The van der Waals surface area contributed by atoms with Gasteiger partial charge in [-0.05, 0) is 32.9 Å². The maximum Gasteiger partial charge on any atom is 0.122 e. The molecule has 0 aliphatic rings. The number of likely N-dealkylation sites (N-methyl/N-ethyl adjacent to an activating group) is 1. The highest BCUT2D eigenvalue weighted by Gasteiger charge is 2.23.